The number of esters is 1. The van der Waals surface area contributed by atoms with Gasteiger partial charge >= 0.3 is 5.97 Å². The molecule has 1 aliphatic rings. The molecule has 0 N–H and O–H groups in total. The molecule has 0 saturated carbocycles. The van der Waals surface area contributed by atoms with Gasteiger partial charge in [-0.3, -0.25) is 4.79 Å². The topological polar surface area (TPSA) is 35.5 Å². The first-order chi connectivity index (χ1) is 10.1. The highest BCUT2D eigenvalue weighted by Gasteiger charge is 2.31. The lowest BCUT2D eigenvalue weighted by Gasteiger charge is -2.28. The van der Waals surface area contributed by atoms with E-state index in [9.17, 15) is 4.79 Å². The molecule has 3 heteroatoms. The van der Waals surface area contributed by atoms with Gasteiger partial charge in [0.25, 0.3) is 0 Å². The third-order valence-corrected chi connectivity index (χ3v) is 3.95. The first kappa shape index (κ1) is 13.7. The highest BCUT2D eigenvalue weighted by atomic mass is 16.5. The van der Waals surface area contributed by atoms with Crippen molar-refractivity contribution in [3.05, 3.63) is 58.7 Å². The average molecular weight is 282 g/mol. The Labute approximate surface area is 124 Å². The van der Waals surface area contributed by atoms with Crippen molar-refractivity contribution in [2.75, 3.05) is 7.11 Å². The number of hydrogen-bond donors (Lipinski definition) is 0. The lowest BCUT2D eigenvalue weighted by atomic mass is 9.83. The number of ether oxygens (including phenoxy) is 2. The molecule has 108 valence electrons. The SMILES string of the molecule is COc1ccccc1[C@H]1CC(=O)Oc2cc(C)cc(C)c21. The molecule has 0 amide bonds. The van der Waals surface area contributed by atoms with Gasteiger partial charge in [-0.25, -0.2) is 0 Å². The maximum absolute atomic E-state index is 12.0. The van der Waals surface area contributed by atoms with Crippen LogP contribution >= 0.6 is 0 Å². The molecule has 0 aromatic heterocycles. The molecule has 0 fully saturated rings. The molecule has 0 saturated heterocycles. The molecule has 1 atom stereocenters. The van der Waals surface area contributed by atoms with E-state index in [1.54, 1.807) is 7.11 Å². The van der Waals surface area contributed by atoms with Crippen molar-refractivity contribution in [3.63, 3.8) is 0 Å². The van der Waals surface area contributed by atoms with Crippen LogP contribution in [0.3, 0.4) is 0 Å². The van der Waals surface area contributed by atoms with E-state index in [0.29, 0.717) is 12.2 Å². The highest BCUT2D eigenvalue weighted by Crippen LogP contribution is 2.43. The van der Waals surface area contributed by atoms with Crippen molar-refractivity contribution in [2.24, 2.45) is 0 Å². The Morgan fingerprint density at radius 1 is 1.19 bits per heavy atom. The lowest BCUT2D eigenvalue weighted by Crippen LogP contribution is -2.22. The quantitative estimate of drug-likeness (QED) is 0.621. The number of para-hydroxylation sites is 1. The summed E-state index contributed by atoms with van der Waals surface area (Å²) >= 11 is 0. The van der Waals surface area contributed by atoms with Gasteiger partial charge in [-0.05, 0) is 37.1 Å². The molecular formula is C18H18O3. The largest absolute Gasteiger partial charge is 0.496 e. The summed E-state index contributed by atoms with van der Waals surface area (Å²) in [5.74, 6) is 1.28. The number of carbonyl (C=O) groups is 1. The van der Waals surface area contributed by atoms with Crippen molar-refractivity contribution in [3.8, 4) is 11.5 Å². The van der Waals surface area contributed by atoms with Gasteiger partial charge in [0.2, 0.25) is 0 Å². The predicted molar refractivity (Wildman–Crippen MR) is 81.0 cm³/mol. The van der Waals surface area contributed by atoms with Gasteiger partial charge in [0.15, 0.2) is 0 Å². The van der Waals surface area contributed by atoms with Crippen molar-refractivity contribution < 1.29 is 14.3 Å². The van der Waals surface area contributed by atoms with E-state index in [4.69, 9.17) is 9.47 Å². The molecule has 2 aromatic rings. The van der Waals surface area contributed by atoms with Gasteiger partial charge in [0.1, 0.15) is 11.5 Å². The van der Waals surface area contributed by atoms with Gasteiger partial charge in [-0.15, -0.1) is 0 Å². The molecule has 0 bridgehead atoms. The first-order valence-corrected chi connectivity index (χ1v) is 7.05. The van der Waals surface area contributed by atoms with Gasteiger partial charge < -0.3 is 9.47 Å². The normalized spacial score (nSPS) is 17.1. The molecular weight excluding hydrogens is 264 g/mol. The Morgan fingerprint density at radius 2 is 1.95 bits per heavy atom. The number of fused-ring (bicyclic) bond motifs is 1. The summed E-state index contributed by atoms with van der Waals surface area (Å²) in [7, 11) is 1.66. The molecule has 3 nitrogen and oxygen atoms in total. The van der Waals surface area contributed by atoms with Crippen LogP contribution in [0.2, 0.25) is 0 Å². The molecule has 1 heterocycles. The second kappa shape index (κ2) is 5.24. The summed E-state index contributed by atoms with van der Waals surface area (Å²) in [6, 6.07) is 11.9. The summed E-state index contributed by atoms with van der Waals surface area (Å²) in [5, 5.41) is 0. The van der Waals surface area contributed by atoms with Crippen LogP contribution in [-0.2, 0) is 4.79 Å². The van der Waals surface area contributed by atoms with Gasteiger partial charge in [-0.2, -0.15) is 0 Å². The number of carbonyl (C=O) groups excluding carboxylic acids is 1. The van der Waals surface area contributed by atoms with Crippen molar-refractivity contribution >= 4 is 5.97 Å². The second-order valence-corrected chi connectivity index (χ2v) is 5.47. The minimum absolute atomic E-state index is 0.0157. The van der Waals surface area contributed by atoms with E-state index < -0.39 is 0 Å². The lowest BCUT2D eigenvalue weighted by molar-refractivity contribution is -0.135. The zero-order valence-corrected chi connectivity index (χ0v) is 12.5. The maximum atomic E-state index is 12.0. The number of hydrogen-bond acceptors (Lipinski definition) is 3. The summed E-state index contributed by atoms with van der Waals surface area (Å²) < 4.78 is 10.9. The Kier molecular flexibility index (Phi) is 3.42. The fraction of sp³-hybridized carbons (Fsp3) is 0.278. The summed E-state index contributed by atoms with van der Waals surface area (Å²) in [6.45, 7) is 4.07. The molecule has 0 radical (unpaired) electrons. The average Bonchev–Trinajstić information content (AvgIpc) is 2.45. The molecule has 0 aliphatic carbocycles. The fourth-order valence-corrected chi connectivity index (χ4v) is 3.12. The van der Waals surface area contributed by atoms with Gasteiger partial charge in [-0.1, -0.05) is 24.3 Å². The Hall–Kier alpha value is -2.29. The number of benzene rings is 2. The van der Waals surface area contributed by atoms with E-state index in [1.807, 2.05) is 37.3 Å². The number of rotatable bonds is 2. The highest BCUT2D eigenvalue weighted by molar-refractivity contribution is 5.78. The van der Waals surface area contributed by atoms with Crippen LogP contribution in [0.4, 0.5) is 0 Å². The molecule has 0 unspecified atom stereocenters. The van der Waals surface area contributed by atoms with E-state index in [2.05, 4.69) is 13.0 Å². The third-order valence-electron chi connectivity index (χ3n) is 3.95. The number of aryl methyl sites for hydroxylation is 2. The summed E-state index contributed by atoms with van der Waals surface area (Å²) in [5.41, 5.74) is 4.36. The second-order valence-electron chi connectivity index (χ2n) is 5.47. The predicted octanol–water partition coefficient (Wildman–Crippen LogP) is 3.75. The van der Waals surface area contributed by atoms with E-state index in [0.717, 1.165) is 28.0 Å². The monoisotopic (exact) mass is 282 g/mol. The van der Waals surface area contributed by atoms with Crippen LogP contribution in [0.1, 0.15) is 34.6 Å². The zero-order valence-electron chi connectivity index (χ0n) is 12.5. The van der Waals surface area contributed by atoms with Gasteiger partial charge in [0.05, 0.1) is 13.5 Å². The summed E-state index contributed by atoms with van der Waals surface area (Å²) in [6.07, 6.45) is 0.345. The third kappa shape index (κ3) is 2.40. The van der Waals surface area contributed by atoms with Crippen LogP contribution in [0.15, 0.2) is 36.4 Å². The molecule has 2 aromatic carbocycles. The standard InChI is InChI=1S/C18H18O3/c1-11-8-12(2)18-14(10-17(19)21-16(18)9-11)13-6-4-5-7-15(13)20-3/h4-9,14H,10H2,1-3H3/t14-/m1/s1. The Bertz CT molecular complexity index is 704. The van der Waals surface area contributed by atoms with Crippen LogP contribution in [0.5, 0.6) is 11.5 Å². The van der Waals surface area contributed by atoms with Crippen LogP contribution in [0, 0.1) is 13.8 Å². The van der Waals surface area contributed by atoms with Crippen LogP contribution in [0.25, 0.3) is 0 Å². The zero-order chi connectivity index (χ0) is 15.0. The van der Waals surface area contributed by atoms with E-state index in [1.165, 1.54) is 0 Å². The molecule has 1 aliphatic heterocycles. The minimum atomic E-state index is -0.191. The Balaban J connectivity index is 2.19. The van der Waals surface area contributed by atoms with Crippen molar-refractivity contribution in [2.45, 2.75) is 26.2 Å². The number of methoxy groups -OCH3 is 1. The Morgan fingerprint density at radius 3 is 2.71 bits per heavy atom. The van der Waals surface area contributed by atoms with Crippen molar-refractivity contribution in [1.29, 1.82) is 0 Å². The summed E-state index contributed by atoms with van der Waals surface area (Å²) in [4.78, 5) is 12.0. The van der Waals surface area contributed by atoms with E-state index >= 15 is 0 Å². The van der Waals surface area contributed by atoms with E-state index in [-0.39, 0.29) is 11.9 Å². The minimum Gasteiger partial charge on any atom is -0.496 e. The van der Waals surface area contributed by atoms with Crippen LogP contribution < -0.4 is 9.47 Å². The molecule has 21 heavy (non-hydrogen) atoms. The fourth-order valence-electron chi connectivity index (χ4n) is 3.12. The molecule has 0 spiro atoms. The first-order valence-electron chi connectivity index (χ1n) is 7.05. The molecule has 3 rings (SSSR count). The smallest absolute Gasteiger partial charge is 0.312 e. The maximum Gasteiger partial charge on any atom is 0.312 e. The van der Waals surface area contributed by atoms with Gasteiger partial charge in [0, 0.05) is 17.0 Å². The van der Waals surface area contributed by atoms with Crippen LogP contribution in [-0.4, -0.2) is 13.1 Å². The van der Waals surface area contributed by atoms with Crippen molar-refractivity contribution in [1.82, 2.24) is 0 Å².